The lowest BCUT2D eigenvalue weighted by molar-refractivity contribution is -0.123. The van der Waals surface area contributed by atoms with E-state index in [1.807, 2.05) is 72.8 Å². The van der Waals surface area contributed by atoms with Crippen molar-refractivity contribution in [2.24, 2.45) is 0 Å². The van der Waals surface area contributed by atoms with Gasteiger partial charge in [0.05, 0.1) is 5.69 Å². The van der Waals surface area contributed by atoms with Crippen LogP contribution in [-0.4, -0.2) is 18.4 Å². The lowest BCUT2D eigenvalue weighted by Crippen LogP contribution is -2.39. The predicted molar refractivity (Wildman–Crippen MR) is 109 cm³/mol. The van der Waals surface area contributed by atoms with Crippen molar-refractivity contribution < 1.29 is 14.3 Å². The van der Waals surface area contributed by atoms with Gasteiger partial charge in [-0.3, -0.25) is 14.5 Å². The van der Waals surface area contributed by atoms with Crippen LogP contribution in [0.3, 0.4) is 0 Å². The number of anilines is 1. The van der Waals surface area contributed by atoms with Gasteiger partial charge in [0.1, 0.15) is 12.3 Å². The van der Waals surface area contributed by atoms with Crippen molar-refractivity contribution in [1.29, 1.82) is 0 Å². The average Bonchev–Trinajstić information content (AvgIpc) is 2.72. The van der Waals surface area contributed by atoms with Crippen molar-refractivity contribution in [2.45, 2.75) is 13.5 Å². The lowest BCUT2D eigenvalue weighted by Gasteiger charge is -2.23. The van der Waals surface area contributed by atoms with Crippen molar-refractivity contribution in [1.82, 2.24) is 5.32 Å². The molecule has 0 heterocycles. The zero-order valence-corrected chi connectivity index (χ0v) is 15.7. The third-order valence-corrected chi connectivity index (χ3v) is 4.14. The standard InChI is InChI=1S/C23H22N2O3/c1-18(26)25(17-23(27)24-16-19-10-4-2-5-11-19)21-14-8-9-15-22(21)28-20-12-6-3-7-13-20/h2-15H,16-17H2,1H3,(H,24,27). The zero-order chi connectivity index (χ0) is 19.8. The van der Waals surface area contributed by atoms with Gasteiger partial charge in [-0.2, -0.15) is 0 Å². The van der Waals surface area contributed by atoms with E-state index < -0.39 is 0 Å². The fourth-order valence-electron chi connectivity index (χ4n) is 2.74. The number of carbonyl (C=O) groups excluding carboxylic acids is 2. The summed E-state index contributed by atoms with van der Waals surface area (Å²) in [6.45, 7) is 1.76. The van der Waals surface area contributed by atoms with Crippen LogP contribution in [-0.2, 0) is 16.1 Å². The highest BCUT2D eigenvalue weighted by atomic mass is 16.5. The molecule has 3 aromatic rings. The summed E-state index contributed by atoms with van der Waals surface area (Å²) in [6, 6.07) is 26.1. The van der Waals surface area contributed by atoms with Gasteiger partial charge in [-0.1, -0.05) is 60.7 Å². The molecule has 3 aromatic carbocycles. The molecule has 0 aliphatic heterocycles. The van der Waals surface area contributed by atoms with Crippen LogP contribution in [0.2, 0.25) is 0 Å². The summed E-state index contributed by atoms with van der Waals surface area (Å²) in [6.07, 6.45) is 0. The van der Waals surface area contributed by atoms with Gasteiger partial charge < -0.3 is 10.1 Å². The number of rotatable bonds is 7. The van der Waals surface area contributed by atoms with Gasteiger partial charge in [0.2, 0.25) is 11.8 Å². The summed E-state index contributed by atoms with van der Waals surface area (Å²) in [5.74, 6) is 0.694. The van der Waals surface area contributed by atoms with E-state index in [-0.39, 0.29) is 18.4 Å². The Morgan fingerprint density at radius 3 is 2.14 bits per heavy atom. The molecular formula is C23H22N2O3. The molecule has 0 aliphatic carbocycles. The van der Waals surface area contributed by atoms with E-state index in [0.717, 1.165) is 5.56 Å². The van der Waals surface area contributed by atoms with E-state index in [4.69, 9.17) is 4.74 Å². The molecule has 0 radical (unpaired) electrons. The summed E-state index contributed by atoms with van der Waals surface area (Å²) in [5.41, 5.74) is 1.55. The average molecular weight is 374 g/mol. The van der Waals surface area contributed by atoms with E-state index in [1.165, 1.54) is 11.8 Å². The number of carbonyl (C=O) groups is 2. The van der Waals surface area contributed by atoms with Gasteiger partial charge >= 0.3 is 0 Å². The Labute approximate surface area is 164 Å². The number of hydrogen-bond acceptors (Lipinski definition) is 3. The van der Waals surface area contributed by atoms with E-state index >= 15 is 0 Å². The molecule has 1 N–H and O–H groups in total. The normalized spacial score (nSPS) is 10.2. The summed E-state index contributed by atoms with van der Waals surface area (Å²) in [5, 5.41) is 2.85. The van der Waals surface area contributed by atoms with Crippen LogP contribution >= 0.6 is 0 Å². The van der Waals surface area contributed by atoms with Gasteiger partial charge in [0.15, 0.2) is 5.75 Å². The van der Waals surface area contributed by atoms with Gasteiger partial charge in [0.25, 0.3) is 0 Å². The van der Waals surface area contributed by atoms with Crippen LogP contribution in [0.15, 0.2) is 84.9 Å². The van der Waals surface area contributed by atoms with Crippen molar-refractivity contribution in [2.75, 3.05) is 11.4 Å². The first kappa shape index (κ1) is 19.2. The maximum absolute atomic E-state index is 12.4. The molecule has 0 aliphatic rings. The predicted octanol–water partition coefficient (Wildman–Crippen LogP) is 4.15. The monoisotopic (exact) mass is 374 g/mol. The van der Waals surface area contributed by atoms with E-state index in [0.29, 0.717) is 23.7 Å². The molecular weight excluding hydrogens is 352 g/mol. The number of benzene rings is 3. The third-order valence-electron chi connectivity index (χ3n) is 4.14. The Morgan fingerprint density at radius 2 is 1.46 bits per heavy atom. The highest BCUT2D eigenvalue weighted by molar-refractivity contribution is 5.98. The van der Waals surface area contributed by atoms with E-state index in [9.17, 15) is 9.59 Å². The SMILES string of the molecule is CC(=O)N(CC(=O)NCc1ccccc1)c1ccccc1Oc1ccccc1. The first-order valence-electron chi connectivity index (χ1n) is 9.04. The second kappa shape index (κ2) is 9.37. The van der Waals surface area contributed by atoms with E-state index in [1.54, 1.807) is 12.1 Å². The Balaban J connectivity index is 1.73. The smallest absolute Gasteiger partial charge is 0.240 e. The number of nitrogens with one attached hydrogen (secondary N) is 1. The number of para-hydroxylation sites is 3. The minimum Gasteiger partial charge on any atom is -0.455 e. The molecule has 5 heteroatoms. The molecule has 0 aromatic heterocycles. The maximum atomic E-state index is 12.4. The molecule has 28 heavy (non-hydrogen) atoms. The number of amides is 2. The van der Waals surface area contributed by atoms with Crippen molar-refractivity contribution in [3.05, 3.63) is 90.5 Å². The molecule has 0 unspecified atom stereocenters. The second-order valence-electron chi connectivity index (χ2n) is 6.25. The lowest BCUT2D eigenvalue weighted by atomic mass is 10.2. The van der Waals surface area contributed by atoms with Crippen molar-refractivity contribution >= 4 is 17.5 Å². The van der Waals surface area contributed by atoms with Crippen molar-refractivity contribution in [3.8, 4) is 11.5 Å². The third kappa shape index (κ3) is 5.20. The van der Waals surface area contributed by atoms with Crippen LogP contribution in [0.25, 0.3) is 0 Å². The van der Waals surface area contributed by atoms with Crippen molar-refractivity contribution in [3.63, 3.8) is 0 Å². The minimum atomic E-state index is -0.242. The topological polar surface area (TPSA) is 58.6 Å². The molecule has 0 saturated heterocycles. The van der Waals surface area contributed by atoms with E-state index in [2.05, 4.69) is 5.32 Å². The fourth-order valence-corrected chi connectivity index (χ4v) is 2.74. The molecule has 0 spiro atoms. The Kier molecular flexibility index (Phi) is 6.41. The van der Waals surface area contributed by atoms with Crippen LogP contribution in [0.1, 0.15) is 12.5 Å². The van der Waals surface area contributed by atoms with Gasteiger partial charge in [-0.05, 0) is 29.8 Å². The van der Waals surface area contributed by atoms with Crippen LogP contribution in [0.5, 0.6) is 11.5 Å². The van der Waals surface area contributed by atoms with Crippen LogP contribution < -0.4 is 15.0 Å². The quantitative estimate of drug-likeness (QED) is 0.676. The van der Waals surface area contributed by atoms with Gasteiger partial charge in [-0.15, -0.1) is 0 Å². The number of nitrogens with zero attached hydrogens (tertiary/aromatic N) is 1. The van der Waals surface area contributed by atoms with Gasteiger partial charge in [-0.25, -0.2) is 0 Å². The molecule has 5 nitrogen and oxygen atoms in total. The molecule has 0 fully saturated rings. The number of hydrogen-bond donors (Lipinski definition) is 1. The molecule has 0 bridgehead atoms. The molecule has 3 rings (SSSR count). The Hall–Kier alpha value is -3.60. The molecule has 0 atom stereocenters. The first-order valence-corrected chi connectivity index (χ1v) is 9.04. The molecule has 2 amide bonds. The Bertz CT molecular complexity index is 927. The summed E-state index contributed by atoms with van der Waals surface area (Å²) >= 11 is 0. The largest absolute Gasteiger partial charge is 0.455 e. The number of ether oxygens (including phenoxy) is 1. The van der Waals surface area contributed by atoms with Gasteiger partial charge in [0, 0.05) is 13.5 Å². The second-order valence-corrected chi connectivity index (χ2v) is 6.25. The summed E-state index contributed by atoms with van der Waals surface area (Å²) < 4.78 is 5.93. The van der Waals surface area contributed by atoms with Crippen LogP contribution in [0, 0.1) is 0 Å². The molecule has 142 valence electrons. The molecule has 0 saturated carbocycles. The summed E-state index contributed by atoms with van der Waals surface area (Å²) in [4.78, 5) is 26.1. The Morgan fingerprint density at radius 1 is 0.857 bits per heavy atom. The highest BCUT2D eigenvalue weighted by Gasteiger charge is 2.19. The fraction of sp³-hybridized carbons (Fsp3) is 0.130. The first-order chi connectivity index (χ1) is 13.6. The zero-order valence-electron chi connectivity index (χ0n) is 15.7. The van der Waals surface area contributed by atoms with Crippen LogP contribution in [0.4, 0.5) is 5.69 Å². The minimum absolute atomic E-state index is 0.0860. The summed E-state index contributed by atoms with van der Waals surface area (Å²) in [7, 11) is 0. The maximum Gasteiger partial charge on any atom is 0.240 e. The highest BCUT2D eigenvalue weighted by Crippen LogP contribution is 2.32.